The number of aromatic nitrogens is 2. The molecule has 0 unspecified atom stereocenters. The monoisotopic (exact) mass is 313 g/mol. The normalized spacial score (nSPS) is 10.8. The minimum absolute atomic E-state index is 0.0284. The first kappa shape index (κ1) is 14.6. The second-order valence-corrected chi connectivity index (χ2v) is 5.53. The second kappa shape index (κ2) is 6.62. The van der Waals surface area contributed by atoms with Crippen LogP contribution in [0.5, 0.6) is 0 Å². The molecule has 0 saturated heterocycles. The first-order valence-electron chi connectivity index (χ1n) is 7.12. The predicted octanol–water partition coefficient (Wildman–Crippen LogP) is 3.40. The van der Waals surface area contributed by atoms with Crippen LogP contribution in [0.25, 0.3) is 10.9 Å². The standard InChI is InChI=1S/C17H16ClN3O/c18-15-2-1-14-5-9-21(16(14)11-15)10-6-17(22)20-12-13-3-7-19-8-4-13/h1-5,7-9,11H,6,10,12H2,(H,20,22). The summed E-state index contributed by atoms with van der Waals surface area (Å²) in [7, 11) is 0. The lowest BCUT2D eigenvalue weighted by Crippen LogP contribution is -2.23. The third kappa shape index (κ3) is 3.46. The molecule has 1 N–H and O–H groups in total. The SMILES string of the molecule is O=C(CCn1ccc2ccc(Cl)cc21)NCc1ccncc1. The molecule has 0 saturated carbocycles. The Morgan fingerprint density at radius 1 is 1.18 bits per heavy atom. The van der Waals surface area contributed by atoms with Crippen LogP contribution in [0.2, 0.25) is 5.02 Å². The summed E-state index contributed by atoms with van der Waals surface area (Å²) >= 11 is 6.03. The van der Waals surface area contributed by atoms with Crippen LogP contribution >= 0.6 is 11.6 Å². The molecule has 3 rings (SSSR count). The molecule has 0 atom stereocenters. The van der Waals surface area contributed by atoms with Gasteiger partial charge in [-0.25, -0.2) is 0 Å². The Labute approximate surface area is 133 Å². The summed E-state index contributed by atoms with van der Waals surface area (Å²) in [5.41, 5.74) is 2.09. The van der Waals surface area contributed by atoms with Crippen LogP contribution in [0.15, 0.2) is 55.0 Å². The highest BCUT2D eigenvalue weighted by Gasteiger charge is 2.05. The van der Waals surface area contributed by atoms with Gasteiger partial charge in [0, 0.05) is 48.6 Å². The minimum Gasteiger partial charge on any atom is -0.352 e. The molecular formula is C17H16ClN3O. The lowest BCUT2D eigenvalue weighted by molar-refractivity contribution is -0.121. The van der Waals surface area contributed by atoms with Gasteiger partial charge in [0.15, 0.2) is 0 Å². The zero-order valence-corrected chi connectivity index (χ0v) is 12.8. The number of benzene rings is 1. The molecule has 0 spiro atoms. The third-order valence-corrected chi connectivity index (χ3v) is 3.79. The fourth-order valence-corrected chi connectivity index (χ4v) is 2.53. The van der Waals surface area contributed by atoms with E-state index in [2.05, 4.69) is 10.3 Å². The average molecular weight is 314 g/mol. The van der Waals surface area contributed by atoms with Gasteiger partial charge in [-0.2, -0.15) is 0 Å². The molecule has 2 heterocycles. The number of pyridine rings is 1. The van der Waals surface area contributed by atoms with Gasteiger partial charge >= 0.3 is 0 Å². The van der Waals surface area contributed by atoms with Gasteiger partial charge in [0.25, 0.3) is 0 Å². The summed E-state index contributed by atoms with van der Waals surface area (Å²) in [6.07, 6.45) is 5.85. The summed E-state index contributed by atoms with van der Waals surface area (Å²) in [6.45, 7) is 1.16. The first-order chi connectivity index (χ1) is 10.7. The molecule has 2 aromatic heterocycles. The maximum atomic E-state index is 11.9. The highest BCUT2D eigenvalue weighted by molar-refractivity contribution is 6.31. The van der Waals surface area contributed by atoms with Gasteiger partial charge in [0.05, 0.1) is 0 Å². The number of nitrogens with zero attached hydrogens (tertiary/aromatic N) is 2. The van der Waals surface area contributed by atoms with Crippen molar-refractivity contribution >= 4 is 28.4 Å². The lowest BCUT2D eigenvalue weighted by Gasteiger charge is -2.07. The number of rotatable bonds is 5. The second-order valence-electron chi connectivity index (χ2n) is 5.09. The van der Waals surface area contributed by atoms with Crippen LogP contribution in [0.3, 0.4) is 0 Å². The number of halogens is 1. The van der Waals surface area contributed by atoms with E-state index in [9.17, 15) is 4.79 Å². The summed E-state index contributed by atoms with van der Waals surface area (Å²) in [6, 6.07) is 11.6. The van der Waals surface area contributed by atoms with E-state index in [-0.39, 0.29) is 5.91 Å². The Balaban J connectivity index is 1.57. The van der Waals surface area contributed by atoms with E-state index < -0.39 is 0 Å². The van der Waals surface area contributed by atoms with Gasteiger partial charge in [0.1, 0.15) is 0 Å². The predicted molar refractivity (Wildman–Crippen MR) is 87.6 cm³/mol. The molecule has 0 fully saturated rings. The maximum absolute atomic E-state index is 11.9. The van der Waals surface area contributed by atoms with Crippen molar-refractivity contribution in [2.45, 2.75) is 19.5 Å². The van der Waals surface area contributed by atoms with Crippen molar-refractivity contribution in [3.63, 3.8) is 0 Å². The molecule has 1 aromatic carbocycles. The molecule has 0 aliphatic heterocycles. The van der Waals surface area contributed by atoms with E-state index in [1.807, 2.05) is 47.2 Å². The van der Waals surface area contributed by atoms with Crippen molar-refractivity contribution in [2.24, 2.45) is 0 Å². The van der Waals surface area contributed by atoms with E-state index in [0.717, 1.165) is 16.5 Å². The molecule has 3 aromatic rings. The molecule has 112 valence electrons. The van der Waals surface area contributed by atoms with Crippen molar-refractivity contribution in [1.29, 1.82) is 0 Å². The van der Waals surface area contributed by atoms with Gasteiger partial charge in [-0.05, 0) is 41.3 Å². The van der Waals surface area contributed by atoms with Crippen LogP contribution < -0.4 is 5.32 Å². The van der Waals surface area contributed by atoms with Crippen molar-refractivity contribution in [3.05, 3.63) is 65.6 Å². The van der Waals surface area contributed by atoms with Gasteiger partial charge in [-0.15, -0.1) is 0 Å². The molecule has 0 bridgehead atoms. The Bertz CT molecular complexity index is 783. The number of fused-ring (bicyclic) bond motifs is 1. The maximum Gasteiger partial charge on any atom is 0.222 e. The van der Waals surface area contributed by atoms with E-state index in [1.165, 1.54) is 0 Å². The van der Waals surface area contributed by atoms with E-state index in [0.29, 0.717) is 24.5 Å². The van der Waals surface area contributed by atoms with E-state index in [4.69, 9.17) is 11.6 Å². The van der Waals surface area contributed by atoms with Gasteiger partial charge in [0.2, 0.25) is 5.91 Å². The largest absolute Gasteiger partial charge is 0.352 e. The molecule has 1 amide bonds. The highest BCUT2D eigenvalue weighted by Crippen LogP contribution is 2.20. The highest BCUT2D eigenvalue weighted by atomic mass is 35.5. The zero-order chi connectivity index (χ0) is 15.4. The van der Waals surface area contributed by atoms with E-state index >= 15 is 0 Å². The molecule has 5 heteroatoms. The van der Waals surface area contributed by atoms with Gasteiger partial charge in [-0.1, -0.05) is 17.7 Å². The quantitative estimate of drug-likeness (QED) is 0.785. The van der Waals surface area contributed by atoms with Crippen LogP contribution in [0.4, 0.5) is 0 Å². The van der Waals surface area contributed by atoms with Crippen LogP contribution in [-0.2, 0) is 17.9 Å². The zero-order valence-electron chi connectivity index (χ0n) is 12.0. The number of carbonyl (C=O) groups excluding carboxylic acids is 1. The Morgan fingerprint density at radius 2 is 2.00 bits per heavy atom. The molecule has 22 heavy (non-hydrogen) atoms. The number of carbonyl (C=O) groups is 1. The Morgan fingerprint density at radius 3 is 2.82 bits per heavy atom. The third-order valence-electron chi connectivity index (χ3n) is 3.55. The number of hydrogen-bond acceptors (Lipinski definition) is 2. The number of aryl methyl sites for hydroxylation is 1. The fraction of sp³-hybridized carbons (Fsp3) is 0.176. The summed E-state index contributed by atoms with van der Waals surface area (Å²) in [4.78, 5) is 15.9. The summed E-state index contributed by atoms with van der Waals surface area (Å²) in [5.74, 6) is 0.0284. The smallest absolute Gasteiger partial charge is 0.222 e. The Kier molecular flexibility index (Phi) is 4.39. The molecule has 4 nitrogen and oxygen atoms in total. The molecular weight excluding hydrogens is 298 g/mol. The summed E-state index contributed by atoms with van der Waals surface area (Å²) < 4.78 is 2.05. The first-order valence-corrected chi connectivity index (χ1v) is 7.50. The number of nitrogens with one attached hydrogen (secondary N) is 1. The van der Waals surface area contributed by atoms with Crippen LogP contribution in [-0.4, -0.2) is 15.5 Å². The van der Waals surface area contributed by atoms with Gasteiger partial charge < -0.3 is 9.88 Å². The van der Waals surface area contributed by atoms with Crippen molar-refractivity contribution < 1.29 is 4.79 Å². The average Bonchev–Trinajstić information content (AvgIpc) is 2.94. The Hall–Kier alpha value is -2.33. The fourth-order valence-electron chi connectivity index (χ4n) is 2.36. The van der Waals surface area contributed by atoms with E-state index in [1.54, 1.807) is 12.4 Å². The summed E-state index contributed by atoms with van der Waals surface area (Å²) in [5, 5.41) is 4.74. The van der Waals surface area contributed by atoms with Crippen molar-refractivity contribution in [2.75, 3.05) is 0 Å². The molecule has 0 aliphatic carbocycles. The number of hydrogen-bond donors (Lipinski definition) is 1. The molecule has 0 aliphatic rings. The molecule has 0 radical (unpaired) electrons. The van der Waals surface area contributed by atoms with Crippen LogP contribution in [0, 0.1) is 0 Å². The van der Waals surface area contributed by atoms with Gasteiger partial charge in [-0.3, -0.25) is 9.78 Å². The lowest BCUT2D eigenvalue weighted by atomic mass is 10.2. The topological polar surface area (TPSA) is 46.9 Å². The number of amides is 1. The van der Waals surface area contributed by atoms with Crippen molar-refractivity contribution in [1.82, 2.24) is 14.9 Å². The van der Waals surface area contributed by atoms with Crippen LogP contribution in [0.1, 0.15) is 12.0 Å². The minimum atomic E-state index is 0.0284. The van der Waals surface area contributed by atoms with Crippen molar-refractivity contribution in [3.8, 4) is 0 Å².